The first kappa shape index (κ1) is 16.6. The van der Waals surface area contributed by atoms with Gasteiger partial charge in [-0.3, -0.25) is 9.69 Å². The molecule has 2 rings (SSSR count). The van der Waals surface area contributed by atoms with Crippen molar-refractivity contribution in [3.8, 4) is 0 Å². The summed E-state index contributed by atoms with van der Waals surface area (Å²) in [6, 6.07) is 5.85. The van der Waals surface area contributed by atoms with Crippen molar-refractivity contribution in [3.63, 3.8) is 0 Å². The van der Waals surface area contributed by atoms with Crippen molar-refractivity contribution in [2.24, 2.45) is 21.7 Å². The Morgan fingerprint density at radius 1 is 1.30 bits per heavy atom. The molecule has 0 bridgehead atoms. The number of guanidine groups is 1. The number of rotatable bonds is 4. The zero-order valence-corrected chi connectivity index (χ0v) is 14.0. The number of anilines is 2. The van der Waals surface area contributed by atoms with Crippen molar-refractivity contribution in [1.82, 2.24) is 4.98 Å². The van der Waals surface area contributed by atoms with Gasteiger partial charge in [-0.25, -0.2) is 4.98 Å². The molecule has 8 heteroatoms. The Balaban J connectivity index is 2.34. The summed E-state index contributed by atoms with van der Waals surface area (Å²) >= 11 is 1.34. The third-order valence-electron chi connectivity index (χ3n) is 3.13. The third kappa shape index (κ3) is 4.13. The summed E-state index contributed by atoms with van der Waals surface area (Å²) in [5, 5.41) is 9.56. The highest BCUT2D eigenvalue weighted by Gasteiger charge is 2.18. The first-order valence-electron chi connectivity index (χ1n) is 6.84. The summed E-state index contributed by atoms with van der Waals surface area (Å²) in [6.45, 7) is 5.54. The number of carbonyl (C=O) groups is 1. The van der Waals surface area contributed by atoms with Gasteiger partial charge in [0.05, 0.1) is 17.6 Å². The number of nitrogens with two attached hydrogens (primary N) is 2. The molecule has 0 aliphatic heterocycles. The Morgan fingerprint density at radius 3 is 2.65 bits per heavy atom. The van der Waals surface area contributed by atoms with Crippen LogP contribution >= 0.6 is 11.3 Å². The zero-order valence-electron chi connectivity index (χ0n) is 13.1. The van der Waals surface area contributed by atoms with Crippen LogP contribution in [0, 0.1) is 13.8 Å². The fourth-order valence-corrected chi connectivity index (χ4v) is 2.72. The number of aromatic nitrogens is 1. The van der Waals surface area contributed by atoms with Crippen LogP contribution in [0.25, 0.3) is 0 Å². The second kappa shape index (κ2) is 7.01. The minimum atomic E-state index is -0.128. The predicted octanol–water partition coefficient (Wildman–Crippen LogP) is 2.05. The quantitative estimate of drug-likeness (QED) is 0.508. The molecular weight excluding hydrogens is 312 g/mol. The van der Waals surface area contributed by atoms with Gasteiger partial charge in [0.15, 0.2) is 5.13 Å². The first-order valence-corrected chi connectivity index (χ1v) is 7.72. The summed E-state index contributed by atoms with van der Waals surface area (Å²) in [5.74, 6) is -0.243. The maximum atomic E-state index is 12.1. The van der Waals surface area contributed by atoms with E-state index in [4.69, 9.17) is 11.5 Å². The molecule has 1 aromatic carbocycles. The van der Waals surface area contributed by atoms with Crippen LogP contribution in [-0.4, -0.2) is 23.1 Å². The summed E-state index contributed by atoms with van der Waals surface area (Å²) in [4.78, 5) is 18.0. The van der Waals surface area contributed by atoms with Gasteiger partial charge in [0.2, 0.25) is 11.9 Å². The Morgan fingerprint density at radius 2 is 2.04 bits per heavy atom. The Bertz CT molecular complexity index is 776. The van der Waals surface area contributed by atoms with Gasteiger partial charge in [-0.1, -0.05) is 6.07 Å². The van der Waals surface area contributed by atoms with Crippen LogP contribution in [-0.2, 0) is 4.79 Å². The molecule has 23 heavy (non-hydrogen) atoms. The first-order chi connectivity index (χ1) is 10.9. The normalized spacial score (nSPS) is 10.7. The topological polar surface area (TPSA) is 110 Å². The standard InChI is InChI=1S/C15H18N6OS/c1-9-4-5-13(6-10(9)2)21(11(3)22)15-19-12(8-23-15)7-18-20-14(16)17/h4-8H,1-3H3,(H4,16,17,20)/b18-7-. The van der Waals surface area contributed by atoms with E-state index >= 15 is 0 Å². The Hall–Kier alpha value is -2.74. The second-order valence-electron chi connectivity index (χ2n) is 4.95. The Kier molecular flexibility index (Phi) is 5.07. The molecule has 1 aromatic heterocycles. The lowest BCUT2D eigenvalue weighted by Crippen LogP contribution is -2.22. The van der Waals surface area contributed by atoms with Crippen LogP contribution in [0.4, 0.5) is 10.8 Å². The van der Waals surface area contributed by atoms with E-state index < -0.39 is 0 Å². The van der Waals surface area contributed by atoms with Crippen molar-refractivity contribution in [3.05, 3.63) is 40.4 Å². The van der Waals surface area contributed by atoms with Crippen molar-refractivity contribution >= 4 is 40.2 Å². The number of hydrogen-bond donors (Lipinski definition) is 2. The van der Waals surface area contributed by atoms with E-state index in [1.807, 2.05) is 32.0 Å². The van der Waals surface area contributed by atoms with Crippen LogP contribution in [0.15, 0.2) is 33.8 Å². The summed E-state index contributed by atoms with van der Waals surface area (Å²) < 4.78 is 0. The van der Waals surface area contributed by atoms with E-state index in [-0.39, 0.29) is 11.9 Å². The van der Waals surface area contributed by atoms with Gasteiger partial charge in [0, 0.05) is 12.3 Å². The molecule has 2 aromatic rings. The molecule has 0 fully saturated rings. The van der Waals surface area contributed by atoms with Gasteiger partial charge in [-0.15, -0.1) is 16.4 Å². The van der Waals surface area contributed by atoms with E-state index in [0.717, 1.165) is 11.3 Å². The molecule has 0 saturated heterocycles. The molecule has 0 saturated carbocycles. The van der Waals surface area contributed by atoms with Gasteiger partial charge in [-0.05, 0) is 37.1 Å². The van der Waals surface area contributed by atoms with Gasteiger partial charge < -0.3 is 11.5 Å². The smallest absolute Gasteiger partial charge is 0.230 e. The van der Waals surface area contributed by atoms with Crippen LogP contribution < -0.4 is 16.4 Å². The monoisotopic (exact) mass is 330 g/mol. The van der Waals surface area contributed by atoms with Gasteiger partial charge >= 0.3 is 0 Å². The minimum absolute atomic E-state index is 0.115. The SMILES string of the molecule is CC(=O)N(c1ccc(C)c(C)c1)c1nc(/C=N\N=C(N)N)cs1. The third-order valence-corrected chi connectivity index (χ3v) is 3.97. The number of aryl methyl sites for hydroxylation is 2. The van der Waals surface area contributed by atoms with E-state index in [1.165, 1.54) is 30.0 Å². The van der Waals surface area contributed by atoms with Crippen molar-refractivity contribution < 1.29 is 4.79 Å². The highest BCUT2D eigenvalue weighted by molar-refractivity contribution is 7.14. The van der Waals surface area contributed by atoms with Crippen molar-refractivity contribution in [2.75, 3.05) is 4.90 Å². The largest absolute Gasteiger partial charge is 0.369 e. The highest BCUT2D eigenvalue weighted by Crippen LogP contribution is 2.29. The van der Waals surface area contributed by atoms with E-state index in [9.17, 15) is 4.79 Å². The van der Waals surface area contributed by atoms with Crippen LogP contribution in [0.1, 0.15) is 23.7 Å². The number of thiazole rings is 1. The van der Waals surface area contributed by atoms with Gasteiger partial charge in [0.1, 0.15) is 0 Å². The van der Waals surface area contributed by atoms with E-state index in [0.29, 0.717) is 10.8 Å². The Labute approximate surface area is 138 Å². The molecule has 0 spiro atoms. The molecule has 0 radical (unpaired) electrons. The molecule has 1 amide bonds. The van der Waals surface area contributed by atoms with Gasteiger partial charge in [-0.2, -0.15) is 5.10 Å². The van der Waals surface area contributed by atoms with E-state index in [1.54, 1.807) is 10.3 Å². The highest BCUT2D eigenvalue weighted by atomic mass is 32.1. The summed E-state index contributed by atoms with van der Waals surface area (Å²) in [6.07, 6.45) is 1.43. The lowest BCUT2D eigenvalue weighted by Gasteiger charge is -2.19. The maximum absolute atomic E-state index is 12.1. The number of nitrogens with zero attached hydrogens (tertiary/aromatic N) is 4. The fraction of sp³-hybridized carbons (Fsp3) is 0.200. The number of benzene rings is 1. The summed E-state index contributed by atoms with van der Waals surface area (Å²) in [5.41, 5.74) is 14.0. The van der Waals surface area contributed by atoms with Gasteiger partial charge in [0.25, 0.3) is 0 Å². The number of carbonyl (C=O) groups excluding carboxylic acids is 1. The predicted molar refractivity (Wildman–Crippen MR) is 94.3 cm³/mol. The molecule has 4 N–H and O–H groups in total. The lowest BCUT2D eigenvalue weighted by molar-refractivity contribution is -0.115. The molecular formula is C15H18N6OS. The summed E-state index contributed by atoms with van der Waals surface area (Å²) in [7, 11) is 0. The average Bonchev–Trinajstić information content (AvgIpc) is 2.90. The average molecular weight is 330 g/mol. The fourth-order valence-electron chi connectivity index (χ4n) is 1.88. The minimum Gasteiger partial charge on any atom is -0.369 e. The molecule has 0 atom stereocenters. The molecule has 7 nitrogen and oxygen atoms in total. The van der Waals surface area contributed by atoms with Crippen LogP contribution in [0.5, 0.6) is 0 Å². The lowest BCUT2D eigenvalue weighted by atomic mass is 10.1. The van der Waals surface area contributed by atoms with Crippen molar-refractivity contribution in [1.29, 1.82) is 0 Å². The van der Waals surface area contributed by atoms with Crippen LogP contribution in [0.2, 0.25) is 0 Å². The maximum Gasteiger partial charge on any atom is 0.230 e. The second-order valence-corrected chi connectivity index (χ2v) is 5.78. The molecule has 0 unspecified atom stereocenters. The van der Waals surface area contributed by atoms with Crippen LogP contribution in [0.3, 0.4) is 0 Å². The number of hydrogen-bond acceptors (Lipinski definition) is 5. The van der Waals surface area contributed by atoms with Crippen molar-refractivity contribution in [2.45, 2.75) is 20.8 Å². The molecule has 0 aliphatic rings. The number of amides is 1. The molecule has 0 aliphatic carbocycles. The zero-order chi connectivity index (χ0) is 17.0. The van der Waals surface area contributed by atoms with E-state index in [2.05, 4.69) is 15.2 Å². The molecule has 120 valence electrons. The molecule has 1 heterocycles.